The number of fused-ring (bicyclic) bond motifs is 1. The van der Waals surface area contributed by atoms with Crippen LogP contribution in [0.5, 0.6) is 0 Å². The highest BCUT2D eigenvalue weighted by Crippen LogP contribution is 2.26. The Hall–Kier alpha value is -2.69. The van der Waals surface area contributed by atoms with Crippen LogP contribution in [-0.4, -0.2) is 27.6 Å². The number of aromatic nitrogens is 4. The molecule has 0 spiro atoms. The summed E-state index contributed by atoms with van der Waals surface area (Å²) in [6.07, 6.45) is 0. The fraction of sp³-hybridized carbons (Fsp3) is 0.118. The third kappa shape index (κ3) is 3.53. The van der Waals surface area contributed by atoms with Gasteiger partial charge in [0.25, 0.3) is 10.0 Å². The van der Waals surface area contributed by atoms with Crippen LogP contribution in [0.25, 0.3) is 10.2 Å². The first-order valence-corrected chi connectivity index (χ1v) is 10.8. The number of halogens is 1. The summed E-state index contributed by atoms with van der Waals surface area (Å²) in [5, 5.41) is 8.47. The van der Waals surface area contributed by atoms with E-state index in [1.165, 1.54) is 17.4 Å². The van der Waals surface area contributed by atoms with Crippen molar-refractivity contribution in [3.05, 3.63) is 58.1 Å². The van der Waals surface area contributed by atoms with Crippen LogP contribution < -0.4 is 11.1 Å². The van der Waals surface area contributed by atoms with Crippen LogP contribution in [-0.2, 0) is 16.6 Å². The van der Waals surface area contributed by atoms with E-state index in [9.17, 15) is 8.42 Å². The SMILES string of the molecule is Cc1nc2ccc(S(=O)(=O)n3nc(NCc4ccc(Cl)cc4)nc3N)cc2s1. The molecule has 2 heterocycles. The number of hydrogen-bond donors (Lipinski definition) is 2. The second-order valence-electron chi connectivity index (χ2n) is 5.98. The molecule has 0 aliphatic heterocycles. The van der Waals surface area contributed by atoms with Crippen LogP contribution >= 0.6 is 22.9 Å². The molecule has 0 bridgehead atoms. The molecule has 4 rings (SSSR count). The maximum atomic E-state index is 13.0. The maximum Gasteiger partial charge on any atom is 0.286 e. The highest BCUT2D eigenvalue weighted by atomic mass is 35.5. The highest BCUT2D eigenvalue weighted by molar-refractivity contribution is 7.90. The standard InChI is InChI=1S/C17H15ClN6O2S2/c1-10-21-14-7-6-13(8-15(14)27-10)28(25,26)24-16(19)22-17(23-24)20-9-11-2-4-12(18)5-3-11/h2-8H,9H2,1H3,(H3,19,20,22,23). The minimum Gasteiger partial charge on any atom is -0.367 e. The molecule has 0 atom stereocenters. The normalized spacial score (nSPS) is 11.8. The van der Waals surface area contributed by atoms with Gasteiger partial charge in [0, 0.05) is 11.6 Å². The summed E-state index contributed by atoms with van der Waals surface area (Å²) in [7, 11) is -3.98. The first kappa shape index (κ1) is 18.7. The van der Waals surface area contributed by atoms with Gasteiger partial charge in [0.1, 0.15) is 0 Å². The Kier molecular flexibility index (Phi) is 4.69. The second kappa shape index (κ2) is 7.04. The molecule has 2 aromatic heterocycles. The van der Waals surface area contributed by atoms with Crippen molar-refractivity contribution >= 4 is 55.1 Å². The molecule has 4 aromatic rings. The summed E-state index contributed by atoms with van der Waals surface area (Å²) in [6.45, 7) is 2.26. The molecule has 0 saturated heterocycles. The van der Waals surface area contributed by atoms with E-state index in [4.69, 9.17) is 17.3 Å². The van der Waals surface area contributed by atoms with Crippen molar-refractivity contribution in [2.75, 3.05) is 11.1 Å². The van der Waals surface area contributed by atoms with E-state index in [1.54, 1.807) is 24.3 Å². The van der Waals surface area contributed by atoms with Crippen LogP contribution in [0.2, 0.25) is 5.02 Å². The summed E-state index contributed by atoms with van der Waals surface area (Å²) in [4.78, 5) is 8.41. The zero-order chi connectivity index (χ0) is 19.9. The molecule has 0 aliphatic carbocycles. The summed E-state index contributed by atoms with van der Waals surface area (Å²) >= 11 is 7.28. The lowest BCUT2D eigenvalue weighted by molar-refractivity contribution is 0.581. The maximum absolute atomic E-state index is 13.0. The van der Waals surface area contributed by atoms with Crippen molar-refractivity contribution in [2.45, 2.75) is 18.4 Å². The number of nitrogens with one attached hydrogen (secondary N) is 1. The largest absolute Gasteiger partial charge is 0.367 e. The number of anilines is 2. The minimum absolute atomic E-state index is 0.0736. The van der Waals surface area contributed by atoms with E-state index in [0.717, 1.165) is 24.9 Å². The first-order chi connectivity index (χ1) is 13.3. The lowest BCUT2D eigenvalue weighted by atomic mass is 10.2. The average Bonchev–Trinajstić information content (AvgIpc) is 3.22. The van der Waals surface area contributed by atoms with Gasteiger partial charge in [-0.2, -0.15) is 13.4 Å². The molecule has 0 saturated carbocycles. The zero-order valence-corrected chi connectivity index (χ0v) is 17.0. The Balaban J connectivity index is 1.61. The predicted octanol–water partition coefficient (Wildman–Crippen LogP) is 3.28. The van der Waals surface area contributed by atoms with Crippen molar-refractivity contribution in [3.8, 4) is 0 Å². The van der Waals surface area contributed by atoms with Crippen molar-refractivity contribution in [1.82, 2.24) is 19.2 Å². The van der Waals surface area contributed by atoms with E-state index >= 15 is 0 Å². The van der Waals surface area contributed by atoms with Crippen LogP contribution in [0.15, 0.2) is 47.4 Å². The third-order valence-electron chi connectivity index (χ3n) is 3.96. The van der Waals surface area contributed by atoms with Crippen molar-refractivity contribution in [2.24, 2.45) is 0 Å². The van der Waals surface area contributed by atoms with Gasteiger partial charge in [-0.25, -0.2) is 4.98 Å². The highest BCUT2D eigenvalue weighted by Gasteiger charge is 2.23. The van der Waals surface area contributed by atoms with E-state index < -0.39 is 10.0 Å². The van der Waals surface area contributed by atoms with Gasteiger partial charge in [0.2, 0.25) is 11.9 Å². The molecule has 0 amide bonds. The quantitative estimate of drug-likeness (QED) is 0.495. The lowest BCUT2D eigenvalue weighted by Crippen LogP contribution is -2.17. The predicted molar refractivity (Wildman–Crippen MR) is 110 cm³/mol. The van der Waals surface area contributed by atoms with Gasteiger partial charge < -0.3 is 11.1 Å². The molecular weight excluding hydrogens is 420 g/mol. The number of hydrogen-bond acceptors (Lipinski definition) is 8. The van der Waals surface area contributed by atoms with E-state index in [1.807, 2.05) is 19.1 Å². The molecule has 0 fully saturated rings. The fourth-order valence-electron chi connectivity index (χ4n) is 2.63. The molecular formula is C17H15ClN6O2S2. The Labute approximate surface area is 170 Å². The Morgan fingerprint density at radius 3 is 2.68 bits per heavy atom. The molecule has 0 unspecified atom stereocenters. The number of thiazole rings is 1. The van der Waals surface area contributed by atoms with Crippen LogP contribution in [0.3, 0.4) is 0 Å². The van der Waals surface area contributed by atoms with Crippen molar-refractivity contribution in [1.29, 1.82) is 0 Å². The van der Waals surface area contributed by atoms with Crippen LogP contribution in [0.1, 0.15) is 10.6 Å². The Morgan fingerprint density at radius 1 is 1.18 bits per heavy atom. The van der Waals surface area contributed by atoms with Gasteiger partial charge in [-0.1, -0.05) is 23.7 Å². The summed E-state index contributed by atoms with van der Waals surface area (Å²) in [5.41, 5.74) is 7.50. The molecule has 28 heavy (non-hydrogen) atoms. The summed E-state index contributed by atoms with van der Waals surface area (Å²) < 4.78 is 27.4. The topological polar surface area (TPSA) is 116 Å². The second-order valence-corrected chi connectivity index (χ2v) is 9.42. The van der Waals surface area contributed by atoms with Gasteiger partial charge in [0.05, 0.1) is 20.1 Å². The molecule has 8 nitrogen and oxygen atoms in total. The van der Waals surface area contributed by atoms with Gasteiger partial charge in [-0.15, -0.1) is 20.5 Å². The number of nitrogen functional groups attached to an aromatic ring is 1. The third-order valence-corrected chi connectivity index (χ3v) is 6.72. The van der Waals surface area contributed by atoms with Crippen molar-refractivity contribution in [3.63, 3.8) is 0 Å². The smallest absolute Gasteiger partial charge is 0.286 e. The monoisotopic (exact) mass is 434 g/mol. The lowest BCUT2D eigenvalue weighted by Gasteiger charge is -2.05. The molecule has 0 radical (unpaired) electrons. The molecule has 0 aliphatic rings. The first-order valence-electron chi connectivity index (χ1n) is 8.16. The zero-order valence-electron chi connectivity index (χ0n) is 14.6. The average molecular weight is 435 g/mol. The number of aryl methyl sites for hydroxylation is 1. The Bertz CT molecular complexity index is 1260. The van der Waals surface area contributed by atoms with E-state index in [0.29, 0.717) is 11.6 Å². The fourth-order valence-corrected chi connectivity index (χ4v) is 4.87. The molecule has 144 valence electrons. The number of benzene rings is 2. The molecule has 3 N–H and O–H groups in total. The van der Waals surface area contributed by atoms with Gasteiger partial charge >= 0.3 is 0 Å². The number of nitrogens with two attached hydrogens (primary N) is 1. The molecule has 11 heteroatoms. The van der Waals surface area contributed by atoms with Crippen LogP contribution in [0, 0.1) is 6.92 Å². The van der Waals surface area contributed by atoms with E-state index in [2.05, 4.69) is 20.4 Å². The van der Waals surface area contributed by atoms with Gasteiger partial charge in [0.15, 0.2) is 0 Å². The summed E-state index contributed by atoms with van der Waals surface area (Å²) in [6, 6.07) is 11.9. The van der Waals surface area contributed by atoms with Crippen molar-refractivity contribution < 1.29 is 8.42 Å². The Morgan fingerprint density at radius 2 is 1.93 bits per heavy atom. The van der Waals surface area contributed by atoms with Gasteiger partial charge in [-0.05, 0) is 42.8 Å². The summed E-state index contributed by atoms with van der Waals surface area (Å²) in [5.74, 6) is -0.107. The molecule has 2 aromatic carbocycles. The van der Waals surface area contributed by atoms with Gasteiger partial charge in [-0.3, -0.25) is 0 Å². The van der Waals surface area contributed by atoms with E-state index in [-0.39, 0.29) is 16.8 Å². The number of nitrogens with zero attached hydrogens (tertiary/aromatic N) is 4. The number of rotatable bonds is 5. The van der Waals surface area contributed by atoms with Crippen LogP contribution in [0.4, 0.5) is 11.9 Å². The minimum atomic E-state index is -3.98.